The van der Waals surface area contributed by atoms with E-state index in [4.69, 9.17) is 9.47 Å². The van der Waals surface area contributed by atoms with Crippen LogP contribution in [0, 0.1) is 0 Å². The van der Waals surface area contributed by atoms with Crippen molar-refractivity contribution in [3.05, 3.63) is 41.6 Å². The molecule has 0 saturated heterocycles. The van der Waals surface area contributed by atoms with Crippen LogP contribution in [0.25, 0.3) is 10.9 Å². The van der Waals surface area contributed by atoms with Crippen molar-refractivity contribution in [1.29, 1.82) is 0 Å². The van der Waals surface area contributed by atoms with Gasteiger partial charge in [-0.25, -0.2) is 4.79 Å². The molecule has 4 nitrogen and oxygen atoms in total. The van der Waals surface area contributed by atoms with Crippen molar-refractivity contribution in [2.45, 2.75) is 12.8 Å². The molecule has 0 aliphatic carbocycles. The van der Waals surface area contributed by atoms with E-state index in [2.05, 4.69) is 4.98 Å². The average molecular weight is 259 g/mol. The number of carbonyl (C=O) groups excluding carboxylic acids is 1. The van der Waals surface area contributed by atoms with E-state index in [0.29, 0.717) is 12.2 Å². The Morgan fingerprint density at radius 2 is 2.05 bits per heavy atom. The van der Waals surface area contributed by atoms with Crippen molar-refractivity contribution in [2.24, 2.45) is 0 Å². The number of ether oxygens (including phenoxy) is 2. The third kappa shape index (κ3) is 3.09. The van der Waals surface area contributed by atoms with Crippen molar-refractivity contribution in [2.75, 3.05) is 20.8 Å². The highest BCUT2D eigenvalue weighted by molar-refractivity contribution is 6.03. The average Bonchev–Trinajstić information content (AvgIpc) is 2.46. The zero-order valence-electron chi connectivity index (χ0n) is 11.2. The van der Waals surface area contributed by atoms with E-state index < -0.39 is 0 Å². The minimum atomic E-state index is -0.327. The second-order valence-electron chi connectivity index (χ2n) is 4.27. The first-order valence-corrected chi connectivity index (χ1v) is 6.22. The number of methoxy groups -OCH3 is 2. The number of para-hydroxylation sites is 1. The van der Waals surface area contributed by atoms with E-state index in [1.165, 1.54) is 7.11 Å². The molecular weight excluding hydrogens is 242 g/mol. The van der Waals surface area contributed by atoms with Gasteiger partial charge in [-0.2, -0.15) is 0 Å². The van der Waals surface area contributed by atoms with E-state index in [0.717, 1.165) is 29.4 Å². The molecule has 2 rings (SSSR count). The molecule has 4 heteroatoms. The maximum atomic E-state index is 11.8. The summed E-state index contributed by atoms with van der Waals surface area (Å²) in [4.78, 5) is 16.4. The minimum absolute atomic E-state index is 0.327. The van der Waals surface area contributed by atoms with Crippen molar-refractivity contribution in [1.82, 2.24) is 4.98 Å². The molecule has 1 heterocycles. The van der Waals surface area contributed by atoms with Crippen molar-refractivity contribution >= 4 is 16.9 Å². The highest BCUT2D eigenvalue weighted by Crippen LogP contribution is 2.19. The smallest absolute Gasteiger partial charge is 0.338 e. The van der Waals surface area contributed by atoms with E-state index in [1.807, 2.05) is 30.3 Å². The van der Waals surface area contributed by atoms with Gasteiger partial charge in [0, 0.05) is 24.8 Å². The fourth-order valence-electron chi connectivity index (χ4n) is 2.03. The summed E-state index contributed by atoms with van der Waals surface area (Å²) in [6.45, 7) is 0.683. The first-order valence-electron chi connectivity index (χ1n) is 6.22. The van der Waals surface area contributed by atoms with Crippen molar-refractivity contribution < 1.29 is 14.3 Å². The summed E-state index contributed by atoms with van der Waals surface area (Å²) in [7, 11) is 3.07. The van der Waals surface area contributed by atoms with Gasteiger partial charge >= 0.3 is 5.97 Å². The van der Waals surface area contributed by atoms with Crippen LogP contribution in [-0.4, -0.2) is 31.8 Å². The Balaban J connectivity index is 2.41. The predicted molar refractivity (Wildman–Crippen MR) is 73.3 cm³/mol. The third-order valence-corrected chi connectivity index (χ3v) is 2.96. The van der Waals surface area contributed by atoms with Crippen LogP contribution >= 0.6 is 0 Å². The molecule has 0 radical (unpaired) electrons. The second kappa shape index (κ2) is 6.29. The van der Waals surface area contributed by atoms with E-state index in [-0.39, 0.29) is 5.97 Å². The second-order valence-corrected chi connectivity index (χ2v) is 4.27. The molecule has 19 heavy (non-hydrogen) atoms. The highest BCUT2D eigenvalue weighted by Gasteiger charge is 2.12. The quantitative estimate of drug-likeness (QED) is 0.611. The molecule has 0 amide bonds. The van der Waals surface area contributed by atoms with Gasteiger partial charge in [-0.05, 0) is 25.0 Å². The Hall–Kier alpha value is -1.94. The molecule has 0 bridgehead atoms. The number of hydrogen-bond acceptors (Lipinski definition) is 4. The van der Waals surface area contributed by atoms with Crippen LogP contribution in [0.2, 0.25) is 0 Å². The lowest BCUT2D eigenvalue weighted by Crippen LogP contribution is -2.05. The molecule has 0 saturated carbocycles. The molecule has 0 unspecified atom stereocenters. The first kappa shape index (κ1) is 13.5. The molecule has 2 aromatic rings. The lowest BCUT2D eigenvalue weighted by molar-refractivity contribution is 0.0603. The fourth-order valence-corrected chi connectivity index (χ4v) is 2.03. The molecule has 0 atom stereocenters. The Kier molecular flexibility index (Phi) is 4.47. The van der Waals surface area contributed by atoms with E-state index in [1.54, 1.807) is 7.11 Å². The number of hydrogen-bond donors (Lipinski definition) is 0. The highest BCUT2D eigenvalue weighted by atomic mass is 16.5. The van der Waals surface area contributed by atoms with Crippen LogP contribution < -0.4 is 0 Å². The molecule has 1 aromatic heterocycles. The molecule has 100 valence electrons. The standard InChI is InChI=1S/C15H17NO3/c1-18-9-5-6-11-10-13(15(17)19-2)12-7-3-4-8-14(12)16-11/h3-4,7-8,10H,5-6,9H2,1-2H3. The summed E-state index contributed by atoms with van der Waals surface area (Å²) in [5.74, 6) is -0.327. The number of aryl methyl sites for hydroxylation is 1. The number of aromatic nitrogens is 1. The molecule has 0 fully saturated rings. The number of nitrogens with zero attached hydrogens (tertiary/aromatic N) is 1. The zero-order chi connectivity index (χ0) is 13.7. The SMILES string of the molecule is COCCCc1cc(C(=O)OC)c2ccccc2n1. The zero-order valence-corrected chi connectivity index (χ0v) is 11.2. The van der Waals surface area contributed by atoms with Gasteiger partial charge in [-0.1, -0.05) is 18.2 Å². The summed E-state index contributed by atoms with van der Waals surface area (Å²) in [5.41, 5.74) is 2.27. The number of carbonyl (C=O) groups is 1. The van der Waals surface area contributed by atoms with Gasteiger partial charge in [0.25, 0.3) is 0 Å². The summed E-state index contributed by atoms with van der Waals surface area (Å²) in [6, 6.07) is 9.40. The summed E-state index contributed by atoms with van der Waals surface area (Å²) >= 11 is 0. The molecule has 0 aliphatic heterocycles. The van der Waals surface area contributed by atoms with Crippen LogP contribution in [0.3, 0.4) is 0 Å². The van der Waals surface area contributed by atoms with Crippen LogP contribution in [0.4, 0.5) is 0 Å². The topological polar surface area (TPSA) is 48.4 Å². The van der Waals surface area contributed by atoms with Crippen molar-refractivity contribution in [3.8, 4) is 0 Å². The molecular formula is C15H17NO3. The number of rotatable bonds is 5. The number of fused-ring (bicyclic) bond motifs is 1. The normalized spacial score (nSPS) is 10.6. The summed E-state index contributed by atoms with van der Waals surface area (Å²) in [5, 5.41) is 0.824. The maximum absolute atomic E-state index is 11.8. The first-order chi connectivity index (χ1) is 9.26. The Morgan fingerprint density at radius 3 is 2.79 bits per heavy atom. The van der Waals surface area contributed by atoms with Crippen LogP contribution in [-0.2, 0) is 15.9 Å². The summed E-state index contributed by atoms with van der Waals surface area (Å²) in [6.07, 6.45) is 1.66. The predicted octanol–water partition coefficient (Wildman–Crippen LogP) is 2.60. The number of pyridine rings is 1. The Bertz CT molecular complexity index is 581. The number of benzene rings is 1. The monoisotopic (exact) mass is 259 g/mol. The van der Waals surface area contributed by atoms with Gasteiger partial charge < -0.3 is 9.47 Å². The lowest BCUT2D eigenvalue weighted by Gasteiger charge is -2.08. The van der Waals surface area contributed by atoms with Crippen molar-refractivity contribution in [3.63, 3.8) is 0 Å². The van der Waals surface area contributed by atoms with Gasteiger partial charge in [0.1, 0.15) is 0 Å². The fraction of sp³-hybridized carbons (Fsp3) is 0.333. The molecule has 1 aromatic carbocycles. The van der Waals surface area contributed by atoms with Gasteiger partial charge in [0.15, 0.2) is 0 Å². The Morgan fingerprint density at radius 1 is 1.26 bits per heavy atom. The largest absolute Gasteiger partial charge is 0.465 e. The van der Waals surface area contributed by atoms with Gasteiger partial charge in [0.05, 0.1) is 18.2 Å². The minimum Gasteiger partial charge on any atom is -0.465 e. The molecule has 0 aliphatic rings. The number of esters is 1. The lowest BCUT2D eigenvalue weighted by atomic mass is 10.1. The van der Waals surface area contributed by atoms with E-state index >= 15 is 0 Å². The molecule has 0 spiro atoms. The molecule has 0 N–H and O–H groups in total. The van der Waals surface area contributed by atoms with Crippen LogP contribution in [0.1, 0.15) is 22.5 Å². The van der Waals surface area contributed by atoms with Crippen LogP contribution in [0.15, 0.2) is 30.3 Å². The van der Waals surface area contributed by atoms with Gasteiger partial charge in [-0.3, -0.25) is 4.98 Å². The summed E-state index contributed by atoms with van der Waals surface area (Å²) < 4.78 is 9.86. The van der Waals surface area contributed by atoms with Gasteiger partial charge in [-0.15, -0.1) is 0 Å². The Labute approximate surface area is 112 Å². The van der Waals surface area contributed by atoms with Gasteiger partial charge in [0.2, 0.25) is 0 Å². The van der Waals surface area contributed by atoms with Crippen LogP contribution in [0.5, 0.6) is 0 Å². The van der Waals surface area contributed by atoms with E-state index in [9.17, 15) is 4.79 Å². The maximum Gasteiger partial charge on any atom is 0.338 e. The third-order valence-electron chi connectivity index (χ3n) is 2.96.